The second-order valence-electron chi connectivity index (χ2n) is 8.82. The Morgan fingerprint density at radius 3 is 2.32 bits per heavy atom. The fourth-order valence-electron chi connectivity index (χ4n) is 4.06. The first-order valence-corrected chi connectivity index (χ1v) is 13.4. The minimum absolute atomic E-state index is 0. The Hall–Kier alpha value is -2.04. The fourth-order valence-corrected chi connectivity index (χ4v) is 6.74. The molecule has 0 unspecified atom stereocenters. The summed E-state index contributed by atoms with van der Waals surface area (Å²) < 4.78 is 28.2. The lowest BCUT2D eigenvalue weighted by molar-refractivity contribution is 0.0985. The van der Waals surface area contributed by atoms with Crippen LogP contribution in [0, 0.1) is 13.8 Å². The molecule has 0 aliphatic carbocycles. The maximum atomic E-state index is 13.5. The van der Waals surface area contributed by atoms with Gasteiger partial charge in [0.25, 0.3) is 5.91 Å². The number of aryl methyl sites for hydroxylation is 2. The summed E-state index contributed by atoms with van der Waals surface area (Å²) in [6.07, 6.45) is 1.77. The van der Waals surface area contributed by atoms with Crippen molar-refractivity contribution in [2.24, 2.45) is 0 Å². The van der Waals surface area contributed by atoms with Crippen LogP contribution in [0.25, 0.3) is 10.2 Å². The van der Waals surface area contributed by atoms with Gasteiger partial charge in [0.05, 0.1) is 15.1 Å². The van der Waals surface area contributed by atoms with E-state index in [1.165, 1.54) is 27.8 Å². The zero-order chi connectivity index (χ0) is 23.8. The summed E-state index contributed by atoms with van der Waals surface area (Å²) in [6.45, 7) is 6.36. The van der Waals surface area contributed by atoms with Gasteiger partial charge < -0.3 is 4.90 Å². The molecule has 34 heavy (non-hydrogen) atoms. The monoisotopic (exact) mass is 522 g/mol. The average molecular weight is 523 g/mol. The van der Waals surface area contributed by atoms with Gasteiger partial charge in [-0.15, -0.1) is 12.4 Å². The number of amides is 1. The van der Waals surface area contributed by atoms with Gasteiger partial charge >= 0.3 is 0 Å². The summed E-state index contributed by atoms with van der Waals surface area (Å²) in [5.74, 6) is -0.185. The van der Waals surface area contributed by atoms with Crippen LogP contribution in [-0.4, -0.2) is 68.8 Å². The van der Waals surface area contributed by atoms with Crippen molar-refractivity contribution in [1.82, 2.24) is 14.2 Å². The van der Waals surface area contributed by atoms with Gasteiger partial charge in [-0.2, -0.15) is 4.31 Å². The zero-order valence-electron chi connectivity index (χ0n) is 19.9. The molecule has 0 spiro atoms. The highest BCUT2D eigenvalue weighted by Gasteiger charge is 2.28. The van der Waals surface area contributed by atoms with Gasteiger partial charge in [0, 0.05) is 31.7 Å². The highest BCUT2D eigenvalue weighted by atomic mass is 35.5. The van der Waals surface area contributed by atoms with E-state index in [4.69, 9.17) is 4.98 Å². The first-order chi connectivity index (χ1) is 15.7. The van der Waals surface area contributed by atoms with Crippen LogP contribution in [0.4, 0.5) is 5.13 Å². The van der Waals surface area contributed by atoms with E-state index in [-0.39, 0.29) is 23.2 Å². The van der Waals surface area contributed by atoms with E-state index < -0.39 is 10.0 Å². The molecular weight excluding hydrogens is 492 g/mol. The van der Waals surface area contributed by atoms with Gasteiger partial charge in [0.2, 0.25) is 10.0 Å². The number of carbonyl (C=O) groups is 1. The Morgan fingerprint density at radius 2 is 1.71 bits per heavy atom. The number of rotatable bonds is 7. The number of sulfonamides is 1. The van der Waals surface area contributed by atoms with Crippen LogP contribution < -0.4 is 4.90 Å². The molecule has 0 radical (unpaired) electrons. The molecule has 0 bridgehead atoms. The third-order valence-corrected chi connectivity index (χ3v) is 8.81. The van der Waals surface area contributed by atoms with Crippen molar-refractivity contribution in [2.75, 3.05) is 45.2 Å². The van der Waals surface area contributed by atoms with E-state index in [0.717, 1.165) is 34.2 Å². The Labute approximate surface area is 211 Å². The lowest BCUT2D eigenvalue weighted by Gasteiger charge is -2.22. The number of hydrogen-bond donors (Lipinski definition) is 0. The molecule has 1 fully saturated rings. The standard InChI is InChI=1S/C24H30N4O3S2.ClH/c1-17-15-18(2)22-21(16-17)32-24(25-22)28(14-13-26(3)4)23(29)19-7-9-20(10-8-19)33(30,31)27-11-5-6-12-27;/h7-10,15-16H,5-6,11-14H2,1-4H3;1H. The van der Waals surface area contributed by atoms with Crippen LogP contribution in [0.2, 0.25) is 0 Å². The van der Waals surface area contributed by atoms with Crippen molar-refractivity contribution in [3.05, 3.63) is 53.1 Å². The molecule has 184 valence electrons. The minimum atomic E-state index is -3.51. The second-order valence-corrected chi connectivity index (χ2v) is 11.8. The highest BCUT2D eigenvalue weighted by molar-refractivity contribution is 7.89. The summed E-state index contributed by atoms with van der Waals surface area (Å²) in [7, 11) is 0.420. The first kappa shape index (κ1) is 26.6. The largest absolute Gasteiger partial charge is 0.308 e. The van der Waals surface area contributed by atoms with Crippen LogP contribution in [0.1, 0.15) is 34.3 Å². The number of hydrogen-bond acceptors (Lipinski definition) is 6. The predicted molar refractivity (Wildman–Crippen MR) is 141 cm³/mol. The SMILES string of the molecule is Cc1cc(C)c2nc(N(CCN(C)C)C(=O)c3ccc(S(=O)(=O)N4CCCC4)cc3)sc2c1.Cl. The number of thiazole rings is 1. The molecule has 1 aromatic heterocycles. The molecule has 1 amide bonds. The summed E-state index contributed by atoms with van der Waals surface area (Å²) in [5, 5.41) is 0.652. The maximum Gasteiger partial charge on any atom is 0.260 e. The lowest BCUT2D eigenvalue weighted by atomic mass is 10.1. The molecule has 2 aromatic carbocycles. The lowest BCUT2D eigenvalue weighted by Crippen LogP contribution is -2.36. The molecular formula is C24H31ClN4O3S2. The number of anilines is 1. The third-order valence-electron chi connectivity index (χ3n) is 5.87. The molecule has 1 aliphatic rings. The summed E-state index contributed by atoms with van der Waals surface area (Å²) in [6, 6.07) is 10.5. The number of carbonyl (C=O) groups excluding carboxylic acids is 1. The number of aromatic nitrogens is 1. The van der Waals surface area contributed by atoms with E-state index >= 15 is 0 Å². The van der Waals surface area contributed by atoms with Crippen LogP contribution >= 0.6 is 23.7 Å². The molecule has 10 heteroatoms. The summed E-state index contributed by atoms with van der Waals surface area (Å²) in [5.41, 5.74) is 3.61. The number of likely N-dealkylation sites (N-methyl/N-ethyl adjacent to an activating group) is 1. The van der Waals surface area contributed by atoms with Crippen LogP contribution in [0.3, 0.4) is 0 Å². The molecule has 1 saturated heterocycles. The molecule has 1 aliphatic heterocycles. The van der Waals surface area contributed by atoms with Crippen molar-refractivity contribution in [1.29, 1.82) is 0 Å². The number of fused-ring (bicyclic) bond motifs is 1. The van der Waals surface area contributed by atoms with Crippen molar-refractivity contribution in [3.8, 4) is 0 Å². The van der Waals surface area contributed by atoms with Gasteiger partial charge in [-0.25, -0.2) is 13.4 Å². The number of benzene rings is 2. The first-order valence-electron chi connectivity index (χ1n) is 11.1. The zero-order valence-corrected chi connectivity index (χ0v) is 22.4. The summed E-state index contributed by atoms with van der Waals surface area (Å²) >= 11 is 1.51. The van der Waals surface area contributed by atoms with Crippen LogP contribution in [-0.2, 0) is 10.0 Å². The van der Waals surface area contributed by atoms with E-state index in [2.05, 4.69) is 19.1 Å². The number of halogens is 1. The van der Waals surface area contributed by atoms with Gasteiger partial charge in [0.15, 0.2) is 5.13 Å². The van der Waals surface area contributed by atoms with Gasteiger partial charge in [-0.1, -0.05) is 17.4 Å². The number of nitrogens with zero attached hydrogens (tertiary/aromatic N) is 4. The molecule has 2 heterocycles. The van der Waals surface area contributed by atoms with Crippen molar-refractivity contribution in [2.45, 2.75) is 31.6 Å². The molecule has 0 N–H and O–H groups in total. The molecule has 3 aromatic rings. The summed E-state index contributed by atoms with van der Waals surface area (Å²) in [4.78, 5) is 22.3. The fraction of sp³-hybridized carbons (Fsp3) is 0.417. The van der Waals surface area contributed by atoms with E-state index in [1.807, 2.05) is 25.9 Å². The van der Waals surface area contributed by atoms with E-state index in [1.54, 1.807) is 17.0 Å². The van der Waals surface area contributed by atoms with Gasteiger partial charge in [0.1, 0.15) is 0 Å². The molecule has 4 rings (SSSR count). The van der Waals surface area contributed by atoms with Gasteiger partial charge in [-0.05, 0) is 82.2 Å². The van der Waals surface area contributed by atoms with Crippen molar-refractivity contribution >= 4 is 55.0 Å². The van der Waals surface area contributed by atoms with Crippen LogP contribution in [0.15, 0.2) is 41.3 Å². The Balaban J connectivity index is 0.00000324. The van der Waals surface area contributed by atoms with Gasteiger partial charge in [-0.3, -0.25) is 9.69 Å². The van der Waals surface area contributed by atoms with Crippen LogP contribution in [0.5, 0.6) is 0 Å². The quantitative estimate of drug-likeness (QED) is 0.462. The Morgan fingerprint density at radius 1 is 1.06 bits per heavy atom. The Kier molecular flexibility index (Phi) is 8.36. The maximum absolute atomic E-state index is 13.5. The third kappa shape index (κ3) is 5.44. The van der Waals surface area contributed by atoms with Crippen molar-refractivity contribution < 1.29 is 13.2 Å². The Bertz CT molecular complexity index is 1270. The van der Waals surface area contributed by atoms with E-state index in [0.29, 0.717) is 36.9 Å². The molecule has 0 saturated carbocycles. The minimum Gasteiger partial charge on any atom is -0.308 e. The molecule has 7 nitrogen and oxygen atoms in total. The average Bonchev–Trinajstić information content (AvgIpc) is 3.44. The second kappa shape index (κ2) is 10.7. The topological polar surface area (TPSA) is 73.8 Å². The van der Waals surface area contributed by atoms with E-state index in [9.17, 15) is 13.2 Å². The molecule has 0 atom stereocenters. The normalized spacial score (nSPS) is 14.5. The smallest absolute Gasteiger partial charge is 0.260 e. The van der Waals surface area contributed by atoms with Crippen molar-refractivity contribution in [3.63, 3.8) is 0 Å². The highest BCUT2D eigenvalue weighted by Crippen LogP contribution is 2.32. The predicted octanol–water partition coefficient (Wildman–Crippen LogP) is 4.33.